The van der Waals surface area contributed by atoms with Crippen LogP contribution in [-0.2, 0) is 16.2 Å². The van der Waals surface area contributed by atoms with E-state index in [0.717, 1.165) is 0 Å². The van der Waals surface area contributed by atoms with Crippen molar-refractivity contribution in [1.29, 1.82) is 0 Å². The lowest BCUT2D eigenvalue weighted by Crippen LogP contribution is -2.61. The van der Waals surface area contributed by atoms with E-state index >= 15 is 0 Å². The number of aliphatic hydroxyl groups excluding tert-OH is 3. The van der Waals surface area contributed by atoms with Crippen molar-refractivity contribution < 1.29 is 94.3 Å². The molecule has 0 aliphatic heterocycles. The molecule has 0 saturated heterocycles. The standard InChI is InChI=1S/C17H11F18NO3/c18-12(19,20)9(3-37,13(21,22)23)6-1-7(10(4-38,14(24,25)26)15(27,28)29)36-8(2-6)11(5-39,16(30,31)32)17(33,34)35/h1-2,37-39H,3-5H2. The summed E-state index contributed by atoms with van der Waals surface area (Å²) in [6, 6.07) is -2.88. The summed E-state index contributed by atoms with van der Waals surface area (Å²) in [6.45, 7) is -10.3. The molecule has 0 amide bonds. The summed E-state index contributed by atoms with van der Waals surface area (Å²) in [7, 11) is 0. The maximum absolute atomic E-state index is 13.6. The van der Waals surface area contributed by atoms with Crippen LogP contribution in [-0.4, -0.2) is 77.2 Å². The molecule has 22 heteroatoms. The van der Waals surface area contributed by atoms with Crippen molar-refractivity contribution in [2.75, 3.05) is 19.8 Å². The van der Waals surface area contributed by atoms with E-state index in [-0.39, 0.29) is 0 Å². The molecule has 0 fully saturated rings. The summed E-state index contributed by atoms with van der Waals surface area (Å²) in [6.07, 6.45) is -42.4. The number of aliphatic hydroxyl groups is 3. The van der Waals surface area contributed by atoms with Crippen molar-refractivity contribution >= 4 is 0 Å². The molecule has 0 radical (unpaired) electrons. The Kier molecular flexibility index (Phi) is 8.65. The molecule has 4 nitrogen and oxygen atoms in total. The van der Waals surface area contributed by atoms with Crippen LogP contribution in [0.4, 0.5) is 79.0 Å². The molecule has 1 aromatic rings. The summed E-state index contributed by atoms with van der Waals surface area (Å²) in [5.74, 6) is 0. The average molecular weight is 619 g/mol. The second-order valence-corrected chi connectivity index (χ2v) is 7.80. The van der Waals surface area contributed by atoms with E-state index in [1.807, 2.05) is 4.98 Å². The van der Waals surface area contributed by atoms with E-state index < -0.39 is 102 Å². The van der Waals surface area contributed by atoms with E-state index in [0.29, 0.717) is 0 Å². The Labute approximate surface area is 202 Å². The molecule has 228 valence electrons. The molecule has 39 heavy (non-hydrogen) atoms. The minimum Gasteiger partial charge on any atom is -0.395 e. The number of pyridine rings is 1. The molecule has 3 N–H and O–H groups in total. The van der Waals surface area contributed by atoms with Gasteiger partial charge < -0.3 is 15.3 Å². The zero-order chi connectivity index (χ0) is 31.5. The van der Waals surface area contributed by atoms with Crippen LogP contribution in [0.5, 0.6) is 0 Å². The normalized spacial score (nSPS) is 15.6. The van der Waals surface area contributed by atoms with E-state index in [1.165, 1.54) is 0 Å². The molecular formula is C17H11F18NO3. The largest absolute Gasteiger partial charge is 0.411 e. The van der Waals surface area contributed by atoms with E-state index in [9.17, 15) is 79.0 Å². The molecule has 0 saturated carbocycles. The molecule has 1 rings (SSSR count). The lowest BCUT2D eigenvalue weighted by atomic mass is 9.73. The van der Waals surface area contributed by atoms with Crippen molar-refractivity contribution in [1.82, 2.24) is 4.98 Å². The van der Waals surface area contributed by atoms with Gasteiger partial charge in [-0.1, -0.05) is 0 Å². The first-order valence-corrected chi connectivity index (χ1v) is 9.26. The Morgan fingerprint density at radius 2 is 0.615 bits per heavy atom. The average Bonchev–Trinajstić information content (AvgIpc) is 2.63. The topological polar surface area (TPSA) is 73.6 Å². The fourth-order valence-electron chi connectivity index (χ4n) is 3.40. The van der Waals surface area contributed by atoms with Crippen LogP contribution < -0.4 is 0 Å². The Morgan fingerprint density at radius 1 is 0.410 bits per heavy atom. The van der Waals surface area contributed by atoms with E-state index in [4.69, 9.17) is 15.3 Å². The van der Waals surface area contributed by atoms with E-state index in [2.05, 4.69) is 0 Å². The monoisotopic (exact) mass is 619 g/mol. The molecule has 0 aromatic carbocycles. The zero-order valence-electron chi connectivity index (χ0n) is 17.9. The van der Waals surface area contributed by atoms with Crippen molar-refractivity contribution in [3.05, 3.63) is 29.1 Å². The second kappa shape index (κ2) is 9.70. The summed E-state index contributed by atoms with van der Waals surface area (Å²) in [5.41, 5.74) is -28.5. The van der Waals surface area contributed by atoms with Gasteiger partial charge in [0.1, 0.15) is 0 Å². The predicted octanol–water partition coefficient (Wildman–Crippen LogP) is 5.15. The van der Waals surface area contributed by atoms with Gasteiger partial charge in [-0.3, -0.25) is 4.98 Å². The van der Waals surface area contributed by atoms with Gasteiger partial charge >= 0.3 is 37.1 Å². The van der Waals surface area contributed by atoms with Crippen LogP contribution >= 0.6 is 0 Å². The summed E-state index contributed by atoms with van der Waals surface area (Å²) >= 11 is 0. The lowest BCUT2D eigenvalue weighted by Gasteiger charge is -2.41. The van der Waals surface area contributed by atoms with Gasteiger partial charge in [0, 0.05) is 0 Å². The number of halogens is 18. The number of aromatic nitrogens is 1. The molecule has 0 atom stereocenters. The number of nitrogens with zero attached hydrogens (tertiary/aromatic N) is 1. The Morgan fingerprint density at radius 3 is 0.769 bits per heavy atom. The molecule has 0 unspecified atom stereocenters. The first-order chi connectivity index (χ1) is 17.0. The van der Waals surface area contributed by atoms with Gasteiger partial charge in [0.15, 0.2) is 0 Å². The molecule has 0 spiro atoms. The SMILES string of the molecule is OCC(c1cc(C(CO)(C(F)(F)F)C(F)(F)F)nc(C(CO)(C(F)(F)F)C(F)(F)F)c1)(C(F)(F)F)C(F)(F)F. The van der Waals surface area contributed by atoms with Crippen molar-refractivity contribution in [3.63, 3.8) is 0 Å². The van der Waals surface area contributed by atoms with Gasteiger partial charge in [-0.25, -0.2) is 0 Å². The highest BCUT2D eigenvalue weighted by Crippen LogP contribution is 2.58. The highest BCUT2D eigenvalue weighted by molar-refractivity contribution is 5.41. The van der Waals surface area contributed by atoms with Crippen molar-refractivity contribution in [2.45, 2.75) is 53.3 Å². The number of hydrogen-bond donors (Lipinski definition) is 3. The van der Waals surface area contributed by atoms with Gasteiger partial charge in [-0.2, -0.15) is 79.0 Å². The second-order valence-electron chi connectivity index (χ2n) is 7.80. The third-order valence-electron chi connectivity index (χ3n) is 5.81. The summed E-state index contributed by atoms with van der Waals surface area (Å²) in [5, 5.41) is 26.9. The smallest absolute Gasteiger partial charge is 0.395 e. The number of hydrogen-bond acceptors (Lipinski definition) is 4. The van der Waals surface area contributed by atoms with Crippen LogP contribution in [0.25, 0.3) is 0 Å². The molecule has 0 aliphatic rings. The maximum atomic E-state index is 13.6. The van der Waals surface area contributed by atoms with Crippen molar-refractivity contribution in [3.8, 4) is 0 Å². The predicted molar refractivity (Wildman–Crippen MR) is 86.9 cm³/mol. The number of alkyl halides is 18. The van der Waals surface area contributed by atoms with Crippen LogP contribution in [0.15, 0.2) is 12.1 Å². The Balaban J connectivity index is 4.78. The fourth-order valence-corrected chi connectivity index (χ4v) is 3.40. The van der Waals surface area contributed by atoms with Gasteiger partial charge in [0.05, 0.1) is 31.2 Å². The van der Waals surface area contributed by atoms with Gasteiger partial charge in [0.2, 0.25) is 16.2 Å². The summed E-state index contributed by atoms with van der Waals surface area (Å²) < 4.78 is 245. The highest BCUT2D eigenvalue weighted by atomic mass is 19.4. The Hall–Kier alpha value is -2.23. The van der Waals surface area contributed by atoms with Gasteiger partial charge in [-0.05, 0) is 17.7 Å². The molecule has 1 aromatic heterocycles. The maximum Gasteiger partial charge on any atom is 0.411 e. The van der Waals surface area contributed by atoms with Crippen LogP contribution in [0, 0.1) is 0 Å². The zero-order valence-corrected chi connectivity index (χ0v) is 17.9. The van der Waals surface area contributed by atoms with Crippen LogP contribution in [0.2, 0.25) is 0 Å². The van der Waals surface area contributed by atoms with E-state index in [1.54, 1.807) is 0 Å². The first kappa shape index (κ1) is 34.8. The first-order valence-electron chi connectivity index (χ1n) is 9.26. The van der Waals surface area contributed by atoms with Crippen LogP contribution in [0.1, 0.15) is 17.0 Å². The molecule has 1 heterocycles. The molecule has 0 bridgehead atoms. The third-order valence-corrected chi connectivity index (χ3v) is 5.81. The lowest BCUT2D eigenvalue weighted by molar-refractivity contribution is -0.315. The van der Waals surface area contributed by atoms with Gasteiger partial charge in [-0.15, -0.1) is 0 Å². The summed E-state index contributed by atoms with van der Waals surface area (Å²) in [4.78, 5) is 1.88. The molecule has 0 aliphatic carbocycles. The highest BCUT2D eigenvalue weighted by Gasteiger charge is 2.77. The minimum absolute atomic E-state index is 1.44. The van der Waals surface area contributed by atoms with Gasteiger partial charge in [0.25, 0.3) is 0 Å². The van der Waals surface area contributed by atoms with Crippen LogP contribution in [0.3, 0.4) is 0 Å². The fraction of sp³-hybridized carbons (Fsp3) is 0.706. The Bertz CT molecular complexity index is 832. The quantitative estimate of drug-likeness (QED) is 0.386. The number of rotatable bonds is 6. The van der Waals surface area contributed by atoms with Crippen molar-refractivity contribution in [2.24, 2.45) is 0 Å². The molecular weight excluding hydrogens is 608 g/mol. The minimum atomic E-state index is -7.08. The third kappa shape index (κ3) is 4.95.